The van der Waals surface area contributed by atoms with Gasteiger partial charge in [-0.2, -0.15) is 0 Å². The van der Waals surface area contributed by atoms with Gasteiger partial charge in [0.15, 0.2) is 0 Å². The largest absolute Gasteiger partial charge is 0.311 e. The molecule has 0 aromatic carbocycles. The van der Waals surface area contributed by atoms with Crippen LogP contribution in [0.15, 0.2) is 0 Å². The normalized spacial score (nSPS) is 20.8. The summed E-state index contributed by atoms with van der Waals surface area (Å²) in [6.45, 7) is 13.7. The van der Waals surface area contributed by atoms with Crippen molar-refractivity contribution in [3.8, 4) is 0 Å². The molecule has 17 heavy (non-hydrogen) atoms. The van der Waals surface area contributed by atoms with Crippen molar-refractivity contribution in [2.45, 2.75) is 84.3 Å². The van der Waals surface area contributed by atoms with E-state index in [1.807, 2.05) is 0 Å². The molecule has 0 heterocycles. The van der Waals surface area contributed by atoms with Crippen LogP contribution in [0, 0.1) is 0 Å². The quantitative estimate of drug-likeness (QED) is 0.792. The minimum absolute atomic E-state index is 0.236. The molecular weight excluding hydrogens is 208 g/mol. The Morgan fingerprint density at radius 1 is 1.18 bits per heavy atom. The molecule has 0 saturated heterocycles. The average Bonchev–Trinajstić information content (AvgIpc) is 2.28. The molecule has 1 saturated carbocycles. The number of rotatable bonds is 5. The van der Waals surface area contributed by atoms with Crippen LogP contribution in [0.1, 0.15) is 66.7 Å². The zero-order valence-electron chi connectivity index (χ0n) is 12.6. The van der Waals surface area contributed by atoms with Gasteiger partial charge >= 0.3 is 0 Å². The van der Waals surface area contributed by atoms with Crippen LogP contribution in [0.5, 0.6) is 0 Å². The Bertz CT molecular complexity index is 201. The summed E-state index contributed by atoms with van der Waals surface area (Å²) < 4.78 is 0. The van der Waals surface area contributed by atoms with E-state index in [-0.39, 0.29) is 5.54 Å². The Hall–Kier alpha value is -0.0800. The Labute approximate surface area is 108 Å². The molecule has 0 radical (unpaired) electrons. The van der Waals surface area contributed by atoms with E-state index in [9.17, 15) is 0 Å². The lowest BCUT2D eigenvalue weighted by molar-refractivity contribution is 0.113. The van der Waals surface area contributed by atoms with Crippen LogP contribution in [0.25, 0.3) is 0 Å². The van der Waals surface area contributed by atoms with E-state index < -0.39 is 0 Å². The molecule has 0 amide bonds. The van der Waals surface area contributed by atoms with E-state index in [2.05, 4.69) is 44.8 Å². The molecule has 0 bridgehead atoms. The van der Waals surface area contributed by atoms with Crippen molar-refractivity contribution in [3.05, 3.63) is 0 Å². The number of likely N-dealkylation sites (N-methyl/N-ethyl adjacent to an activating group) is 1. The second-order valence-electron chi connectivity index (χ2n) is 6.60. The smallest absolute Gasteiger partial charge is 0.0195 e. The fourth-order valence-electron chi connectivity index (χ4n) is 2.91. The summed E-state index contributed by atoms with van der Waals surface area (Å²) in [5.41, 5.74) is 0.236. The lowest BCUT2D eigenvalue weighted by Crippen LogP contribution is -2.50. The monoisotopic (exact) mass is 240 g/mol. The third kappa shape index (κ3) is 5.39. The van der Waals surface area contributed by atoms with Crippen molar-refractivity contribution < 1.29 is 0 Å². The van der Waals surface area contributed by atoms with Crippen molar-refractivity contribution in [3.63, 3.8) is 0 Å². The first-order valence-corrected chi connectivity index (χ1v) is 7.45. The van der Waals surface area contributed by atoms with Crippen molar-refractivity contribution in [2.24, 2.45) is 0 Å². The Kier molecular flexibility index (Phi) is 5.94. The molecule has 1 rings (SSSR count). The molecule has 0 aromatic rings. The highest BCUT2D eigenvalue weighted by Crippen LogP contribution is 2.23. The minimum atomic E-state index is 0.236. The van der Waals surface area contributed by atoms with Crippen molar-refractivity contribution in [2.75, 3.05) is 13.1 Å². The summed E-state index contributed by atoms with van der Waals surface area (Å²) in [5.74, 6) is 0. The number of nitrogens with one attached hydrogen (secondary N) is 1. The summed E-state index contributed by atoms with van der Waals surface area (Å²) in [7, 11) is 0. The van der Waals surface area contributed by atoms with Gasteiger partial charge in [0.2, 0.25) is 0 Å². The van der Waals surface area contributed by atoms with Gasteiger partial charge in [-0.3, -0.25) is 4.90 Å². The van der Waals surface area contributed by atoms with Gasteiger partial charge in [0.25, 0.3) is 0 Å². The first-order chi connectivity index (χ1) is 7.94. The van der Waals surface area contributed by atoms with Crippen LogP contribution < -0.4 is 5.32 Å². The molecule has 1 fully saturated rings. The predicted octanol–water partition coefficient (Wildman–Crippen LogP) is 3.42. The molecule has 1 aliphatic rings. The van der Waals surface area contributed by atoms with Crippen LogP contribution in [-0.2, 0) is 0 Å². The first-order valence-electron chi connectivity index (χ1n) is 7.45. The summed E-state index contributed by atoms with van der Waals surface area (Å²) in [4.78, 5) is 2.71. The van der Waals surface area contributed by atoms with Crippen LogP contribution >= 0.6 is 0 Å². The Morgan fingerprint density at radius 2 is 1.76 bits per heavy atom. The van der Waals surface area contributed by atoms with Gasteiger partial charge in [-0.25, -0.2) is 0 Å². The van der Waals surface area contributed by atoms with Gasteiger partial charge in [-0.1, -0.05) is 26.2 Å². The average molecular weight is 240 g/mol. The van der Waals surface area contributed by atoms with Gasteiger partial charge in [0.05, 0.1) is 0 Å². The van der Waals surface area contributed by atoms with Gasteiger partial charge in [-0.05, 0) is 47.1 Å². The molecule has 1 atom stereocenters. The third-order valence-electron chi connectivity index (χ3n) is 3.90. The zero-order valence-corrected chi connectivity index (χ0v) is 12.6. The highest BCUT2D eigenvalue weighted by Gasteiger charge is 2.24. The molecule has 1 aliphatic carbocycles. The summed E-state index contributed by atoms with van der Waals surface area (Å²) in [6.07, 6.45) is 7.13. The maximum Gasteiger partial charge on any atom is 0.0195 e. The van der Waals surface area contributed by atoms with E-state index >= 15 is 0 Å². The molecule has 2 heteroatoms. The Balaban J connectivity index is 2.42. The van der Waals surface area contributed by atoms with E-state index in [1.165, 1.54) is 38.6 Å². The maximum atomic E-state index is 3.63. The summed E-state index contributed by atoms with van der Waals surface area (Å²) >= 11 is 0. The molecular formula is C15H32N2. The molecule has 0 spiro atoms. The number of nitrogens with zero attached hydrogens (tertiary/aromatic N) is 1. The zero-order chi connectivity index (χ0) is 12.9. The maximum absolute atomic E-state index is 3.63. The Morgan fingerprint density at radius 3 is 2.24 bits per heavy atom. The predicted molar refractivity (Wildman–Crippen MR) is 76.5 cm³/mol. The fraction of sp³-hybridized carbons (Fsp3) is 1.00. The third-order valence-corrected chi connectivity index (χ3v) is 3.90. The van der Waals surface area contributed by atoms with E-state index in [4.69, 9.17) is 0 Å². The molecule has 1 unspecified atom stereocenters. The minimum Gasteiger partial charge on any atom is -0.311 e. The number of hydrogen-bond donors (Lipinski definition) is 1. The molecule has 0 aliphatic heterocycles. The van der Waals surface area contributed by atoms with Crippen molar-refractivity contribution in [1.82, 2.24) is 10.2 Å². The summed E-state index contributed by atoms with van der Waals surface area (Å²) in [6, 6.07) is 1.49. The van der Waals surface area contributed by atoms with Gasteiger partial charge < -0.3 is 5.32 Å². The van der Waals surface area contributed by atoms with Gasteiger partial charge in [-0.15, -0.1) is 0 Å². The van der Waals surface area contributed by atoms with Crippen molar-refractivity contribution in [1.29, 1.82) is 0 Å². The van der Waals surface area contributed by atoms with Crippen molar-refractivity contribution >= 4 is 0 Å². The van der Waals surface area contributed by atoms with E-state index in [0.29, 0.717) is 6.04 Å². The highest BCUT2D eigenvalue weighted by molar-refractivity contribution is 4.82. The lowest BCUT2D eigenvalue weighted by Gasteiger charge is -2.39. The van der Waals surface area contributed by atoms with Crippen LogP contribution in [0.2, 0.25) is 0 Å². The van der Waals surface area contributed by atoms with Gasteiger partial charge in [0, 0.05) is 24.2 Å². The summed E-state index contributed by atoms with van der Waals surface area (Å²) in [5, 5.41) is 3.63. The van der Waals surface area contributed by atoms with Gasteiger partial charge in [0.1, 0.15) is 0 Å². The van der Waals surface area contributed by atoms with Crippen LogP contribution in [0.3, 0.4) is 0 Å². The lowest BCUT2D eigenvalue weighted by atomic mass is 9.93. The second kappa shape index (κ2) is 6.75. The first kappa shape index (κ1) is 15.0. The molecule has 0 aromatic heterocycles. The van der Waals surface area contributed by atoms with Crippen LogP contribution in [0.4, 0.5) is 0 Å². The van der Waals surface area contributed by atoms with E-state index in [1.54, 1.807) is 0 Å². The molecule has 1 N–H and O–H groups in total. The standard InChI is InChI=1S/C15H32N2/c1-6-17(14-10-8-7-9-11-14)13(2)12-16-15(3,4)5/h13-14,16H,6-12H2,1-5H3. The molecule has 2 nitrogen and oxygen atoms in total. The van der Waals surface area contributed by atoms with Crippen LogP contribution in [-0.4, -0.2) is 35.6 Å². The molecule has 102 valence electrons. The number of hydrogen-bond acceptors (Lipinski definition) is 2. The van der Waals surface area contributed by atoms with E-state index in [0.717, 1.165) is 12.6 Å². The second-order valence-corrected chi connectivity index (χ2v) is 6.60. The fourth-order valence-corrected chi connectivity index (χ4v) is 2.91. The highest BCUT2D eigenvalue weighted by atomic mass is 15.2. The topological polar surface area (TPSA) is 15.3 Å². The SMILES string of the molecule is CCN(C(C)CNC(C)(C)C)C1CCCCC1.